The fourth-order valence-corrected chi connectivity index (χ4v) is 1.63. The maximum atomic E-state index is 12.7. The lowest BCUT2D eigenvalue weighted by molar-refractivity contribution is 0.480. The van der Waals surface area contributed by atoms with Gasteiger partial charge in [0.25, 0.3) is 0 Å². The molecule has 0 radical (unpaired) electrons. The Bertz CT molecular complexity index is 493. The third kappa shape index (κ3) is 3.08. The van der Waals surface area contributed by atoms with E-state index in [2.05, 4.69) is 12.2 Å². The lowest BCUT2D eigenvalue weighted by atomic mass is 10.1. The van der Waals surface area contributed by atoms with E-state index < -0.39 is 0 Å². The third-order valence-corrected chi connectivity index (χ3v) is 2.86. The van der Waals surface area contributed by atoms with Crippen LogP contribution in [0.3, 0.4) is 0 Å². The maximum absolute atomic E-state index is 12.7. The summed E-state index contributed by atoms with van der Waals surface area (Å²) in [7, 11) is 1.92. The van der Waals surface area contributed by atoms with Crippen LogP contribution in [-0.2, 0) is 0 Å². The fourth-order valence-electron chi connectivity index (χ4n) is 1.63. The molecule has 0 aromatic heterocycles. The van der Waals surface area contributed by atoms with Crippen molar-refractivity contribution in [2.45, 2.75) is 13.0 Å². The molecule has 2 rings (SSSR count). The van der Waals surface area contributed by atoms with Crippen LogP contribution in [0, 0.1) is 5.82 Å². The quantitative estimate of drug-likeness (QED) is 0.882. The lowest BCUT2D eigenvalue weighted by Crippen LogP contribution is -2.11. The SMILES string of the molecule is CNC(C)c1ccc(Oc2ccc(F)cc2)cc1. The van der Waals surface area contributed by atoms with Crippen LogP contribution in [0.1, 0.15) is 18.5 Å². The molecule has 1 atom stereocenters. The maximum Gasteiger partial charge on any atom is 0.127 e. The van der Waals surface area contributed by atoms with E-state index in [1.807, 2.05) is 31.3 Å². The molecular weight excluding hydrogens is 229 g/mol. The average Bonchev–Trinajstić information content (AvgIpc) is 2.41. The Labute approximate surface area is 106 Å². The zero-order valence-electron chi connectivity index (χ0n) is 10.5. The van der Waals surface area contributed by atoms with Gasteiger partial charge in [0.1, 0.15) is 17.3 Å². The van der Waals surface area contributed by atoms with Crippen molar-refractivity contribution in [3.63, 3.8) is 0 Å². The van der Waals surface area contributed by atoms with Crippen LogP contribution in [0.15, 0.2) is 48.5 Å². The summed E-state index contributed by atoms with van der Waals surface area (Å²) in [6.07, 6.45) is 0. The predicted octanol–water partition coefficient (Wildman–Crippen LogP) is 3.90. The van der Waals surface area contributed by atoms with Crippen molar-refractivity contribution in [3.8, 4) is 11.5 Å². The zero-order chi connectivity index (χ0) is 13.0. The molecule has 2 aromatic carbocycles. The molecule has 0 aliphatic rings. The molecule has 0 heterocycles. The summed E-state index contributed by atoms with van der Waals surface area (Å²) < 4.78 is 18.4. The molecule has 0 fully saturated rings. The minimum atomic E-state index is -0.263. The van der Waals surface area contributed by atoms with Gasteiger partial charge in [-0.05, 0) is 55.9 Å². The Kier molecular flexibility index (Phi) is 3.95. The Hall–Kier alpha value is -1.87. The number of benzene rings is 2. The summed E-state index contributed by atoms with van der Waals surface area (Å²) >= 11 is 0. The molecular formula is C15H16FNO. The topological polar surface area (TPSA) is 21.3 Å². The van der Waals surface area contributed by atoms with Crippen LogP contribution in [-0.4, -0.2) is 7.05 Å². The van der Waals surface area contributed by atoms with E-state index >= 15 is 0 Å². The molecule has 0 bridgehead atoms. The Morgan fingerprint density at radius 1 is 0.944 bits per heavy atom. The molecule has 0 amide bonds. The molecule has 0 saturated carbocycles. The van der Waals surface area contributed by atoms with Crippen LogP contribution < -0.4 is 10.1 Å². The molecule has 2 nitrogen and oxygen atoms in total. The minimum absolute atomic E-state index is 0.263. The molecule has 0 aliphatic carbocycles. The highest BCUT2D eigenvalue weighted by Crippen LogP contribution is 2.23. The van der Waals surface area contributed by atoms with E-state index in [9.17, 15) is 4.39 Å². The second kappa shape index (κ2) is 5.65. The summed E-state index contributed by atoms with van der Waals surface area (Å²) in [6, 6.07) is 14.1. The number of ether oxygens (including phenoxy) is 1. The highest BCUT2D eigenvalue weighted by molar-refractivity contribution is 5.33. The second-order valence-corrected chi connectivity index (χ2v) is 4.14. The third-order valence-electron chi connectivity index (χ3n) is 2.86. The summed E-state index contributed by atoms with van der Waals surface area (Å²) in [5.41, 5.74) is 1.20. The molecule has 94 valence electrons. The van der Waals surface area contributed by atoms with E-state index in [0.29, 0.717) is 11.8 Å². The van der Waals surface area contributed by atoms with Crippen LogP contribution in [0.5, 0.6) is 11.5 Å². The van der Waals surface area contributed by atoms with Gasteiger partial charge in [-0.2, -0.15) is 0 Å². The second-order valence-electron chi connectivity index (χ2n) is 4.14. The first-order valence-corrected chi connectivity index (χ1v) is 5.89. The molecule has 0 saturated heterocycles. The van der Waals surface area contributed by atoms with Crippen LogP contribution >= 0.6 is 0 Å². The Morgan fingerprint density at radius 2 is 1.44 bits per heavy atom. The van der Waals surface area contributed by atoms with Gasteiger partial charge < -0.3 is 10.1 Å². The van der Waals surface area contributed by atoms with Crippen molar-refractivity contribution in [2.24, 2.45) is 0 Å². The Morgan fingerprint density at radius 3 is 1.94 bits per heavy atom. The smallest absolute Gasteiger partial charge is 0.127 e. The number of halogens is 1. The van der Waals surface area contributed by atoms with Crippen molar-refractivity contribution in [1.82, 2.24) is 5.32 Å². The number of rotatable bonds is 4. The molecule has 3 heteroatoms. The van der Waals surface area contributed by atoms with Crippen LogP contribution in [0.25, 0.3) is 0 Å². The Balaban J connectivity index is 2.08. The first-order valence-electron chi connectivity index (χ1n) is 5.89. The standard InChI is InChI=1S/C15H16FNO/c1-11(17-2)12-3-7-14(8-4-12)18-15-9-5-13(16)6-10-15/h3-11,17H,1-2H3. The van der Waals surface area contributed by atoms with Gasteiger partial charge in [-0.25, -0.2) is 4.39 Å². The molecule has 0 spiro atoms. The number of hydrogen-bond acceptors (Lipinski definition) is 2. The van der Waals surface area contributed by atoms with E-state index in [0.717, 1.165) is 5.75 Å². The highest BCUT2D eigenvalue weighted by atomic mass is 19.1. The number of hydrogen-bond donors (Lipinski definition) is 1. The highest BCUT2D eigenvalue weighted by Gasteiger charge is 2.03. The monoisotopic (exact) mass is 245 g/mol. The number of nitrogens with one attached hydrogen (secondary N) is 1. The lowest BCUT2D eigenvalue weighted by Gasteiger charge is -2.11. The summed E-state index contributed by atoms with van der Waals surface area (Å²) in [5.74, 6) is 1.11. The minimum Gasteiger partial charge on any atom is -0.457 e. The molecule has 2 aromatic rings. The molecule has 1 N–H and O–H groups in total. The predicted molar refractivity (Wildman–Crippen MR) is 70.4 cm³/mol. The van der Waals surface area contributed by atoms with Crippen molar-refractivity contribution < 1.29 is 9.13 Å². The van der Waals surface area contributed by atoms with E-state index in [1.165, 1.54) is 17.7 Å². The van der Waals surface area contributed by atoms with Crippen molar-refractivity contribution in [2.75, 3.05) is 7.05 Å². The summed E-state index contributed by atoms with van der Waals surface area (Å²) in [5, 5.41) is 3.17. The van der Waals surface area contributed by atoms with Gasteiger partial charge in [0.05, 0.1) is 0 Å². The van der Waals surface area contributed by atoms with Crippen molar-refractivity contribution >= 4 is 0 Å². The van der Waals surface area contributed by atoms with Gasteiger partial charge in [-0.1, -0.05) is 12.1 Å². The average molecular weight is 245 g/mol. The zero-order valence-corrected chi connectivity index (χ0v) is 10.5. The molecule has 18 heavy (non-hydrogen) atoms. The van der Waals surface area contributed by atoms with E-state index in [1.54, 1.807) is 12.1 Å². The first-order chi connectivity index (χ1) is 8.69. The molecule has 0 aliphatic heterocycles. The van der Waals surface area contributed by atoms with Gasteiger partial charge in [-0.15, -0.1) is 0 Å². The van der Waals surface area contributed by atoms with Crippen LogP contribution in [0.2, 0.25) is 0 Å². The first kappa shape index (κ1) is 12.6. The van der Waals surface area contributed by atoms with Crippen molar-refractivity contribution in [3.05, 3.63) is 59.9 Å². The molecule has 1 unspecified atom stereocenters. The van der Waals surface area contributed by atoms with Gasteiger partial charge >= 0.3 is 0 Å². The van der Waals surface area contributed by atoms with E-state index in [-0.39, 0.29) is 5.82 Å². The van der Waals surface area contributed by atoms with Gasteiger partial charge in [0, 0.05) is 6.04 Å². The normalized spacial score (nSPS) is 12.2. The summed E-state index contributed by atoms with van der Waals surface area (Å²) in [6.45, 7) is 2.09. The van der Waals surface area contributed by atoms with Crippen molar-refractivity contribution in [1.29, 1.82) is 0 Å². The summed E-state index contributed by atoms with van der Waals surface area (Å²) in [4.78, 5) is 0. The van der Waals surface area contributed by atoms with Gasteiger partial charge in [0.15, 0.2) is 0 Å². The van der Waals surface area contributed by atoms with Gasteiger partial charge in [0.2, 0.25) is 0 Å². The largest absolute Gasteiger partial charge is 0.457 e. The van der Waals surface area contributed by atoms with Crippen LogP contribution in [0.4, 0.5) is 4.39 Å². The van der Waals surface area contributed by atoms with E-state index in [4.69, 9.17) is 4.74 Å². The fraction of sp³-hybridized carbons (Fsp3) is 0.200. The van der Waals surface area contributed by atoms with Gasteiger partial charge in [-0.3, -0.25) is 0 Å².